The Balaban J connectivity index is 1.95. The minimum Gasteiger partial charge on any atom is -0.395 e. The van der Waals surface area contributed by atoms with Crippen LogP contribution in [0, 0.1) is 5.82 Å². The van der Waals surface area contributed by atoms with Crippen LogP contribution in [-0.4, -0.2) is 25.3 Å². The second kappa shape index (κ2) is 7.29. The molecule has 2 N–H and O–H groups in total. The standard InChI is InChI=1S/C16H18ClFN2O/c1-20(8-9-21)14-5-3-13(4-6-14)19-11-12-2-7-15(17)16(18)10-12/h2-7,10,19,21H,8-9,11H2,1H3. The monoisotopic (exact) mass is 308 g/mol. The zero-order valence-electron chi connectivity index (χ0n) is 11.8. The van der Waals surface area contributed by atoms with E-state index in [0.29, 0.717) is 13.1 Å². The van der Waals surface area contributed by atoms with Crippen molar-refractivity contribution in [1.82, 2.24) is 0 Å². The van der Waals surface area contributed by atoms with Gasteiger partial charge in [0.1, 0.15) is 5.82 Å². The largest absolute Gasteiger partial charge is 0.395 e. The average molecular weight is 309 g/mol. The Morgan fingerprint density at radius 3 is 2.52 bits per heavy atom. The lowest BCUT2D eigenvalue weighted by atomic mass is 10.2. The van der Waals surface area contributed by atoms with Gasteiger partial charge >= 0.3 is 0 Å². The molecule has 0 bridgehead atoms. The van der Waals surface area contributed by atoms with Crippen molar-refractivity contribution in [2.45, 2.75) is 6.54 Å². The highest BCUT2D eigenvalue weighted by atomic mass is 35.5. The molecule has 0 spiro atoms. The van der Waals surface area contributed by atoms with Crippen molar-refractivity contribution in [1.29, 1.82) is 0 Å². The first-order chi connectivity index (χ1) is 10.1. The van der Waals surface area contributed by atoms with Crippen molar-refractivity contribution in [2.24, 2.45) is 0 Å². The number of hydrogen-bond donors (Lipinski definition) is 2. The molecule has 0 amide bonds. The van der Waals surface area contributed by atoms with Gasteiger partial charge < -0.3 is 15.3 Å². The Morgan fingerprint density at radius 2 is 1.90 bits per heavy atom. The van der Waals surface area contributed by atoms with Crippen LogP contribution >= 0.6 is 11.6 Å². The van der Waals surface area contributed by atoms with Crippen LogP contribution in [0.3, 0.4) is 0 Å². The summed E-state index contributed by atoms with van der Waals surface area (Å²) in [7, 11) is 1.93. The van der Waals surface area contributed by atoms with Gasteiger partial charge in [-0.1, -0.05) is 17.7 Å². The number of nitrogens with zero attached hydrogens (tertiary/aromatic N) is 1. The molecule has 0 atom stereocenters. The Kier molecular flexibility index (Phi) is 5.42. The fraction of sp³-hybridized carbons (Fsp3) is 0.250. The van der Waals surface area contributed by atoms with Gasteiger partial charge in [-0.15, -0.1) is 0 Å². The minimum absolute atomic E-state index is 0.124. The Bertz CT molecular complexity index is 589. The summed E-state index contributed by atoms with van der Waals surface area (Å²) in [6, 6.07) is 12.6. The number of halogens is 2. The topological polar surface area (TPSA) is 35.5 Å². The van der Waals surface area contributed by atoms with Crippen LogP contribution < -0.4 is 10.2 Å². The van der Waals surface area contributed by atoms with Crippen molar-refractivity contribution in [3.05, 3.63) is 58.9 Å². The summed E-state index contributed by atoms with van der Waals surface area (Å²) in [4.78, 5) is 1.97. The number of rotatable bonds is 6. The molecule has 0 fully saturated rings. The van der Waals surface area contributed by atoms with Crippen molar-refractivity contribution < 1.29 is 9.50 Å². The second-order valence-electron chi connectivity index (χ2n) is 4.79. The molecule has 5 heteroatoms. The first-order valence-electron chi connectivity index (χ1n) is 6.70. The molecule has 3 nitrogen and oxygen atoms in total. The van der Waals surface area contributed by atoms with Crippen LogP contribution in [0.2, 0.25) is 5.02 Å². The van der Waals surface area contributed by atoms with Gasteiger partial charge in [-0.05, 0) is 42.0 Å². The van der Waals surface area contributed by atoms with Crippen LogP contribution in [0.1, 0.15) is 5.56 Å². The lowest BCUT2D eigenvalue weighted by molar-refractivity contribution is 0.304. The molecule has 0 aromatic heterocycles. The molecule has 0 saturated carbocycles. The molecule has 0 saturated heterocycles. The van der Waals surface area contributed by atoms with Crippen molar-refractivity contribution in [3.8, 4) is 0 Å². The first kappa shape index (κ1) is 15.6. The van der Waals surface area contributed by atoms with Crippen LogP contribution in [-0.2, 0) is 6.54 Å². The van der Waals surface area contributed by atoms with E-state index in [4.69, 9.17) is 16.7 Å². The van der Waals surface area contributed by atoms with Crippen LogP contribution in [0.15, 0.2) is 42.5 Å². The Hall–Kier alpha value is -1.78. The molecule has 0 aliphatic carbocycles. The normalized spacial score (nSPS) is 10.5. The Morgan fingerprint density at radius 1 is 1.19 bits per heavy atom. The summed E-state index contributed by atoms with van der Waals surface area (Å²) in [6.07, 6.45) is 0. The fourth-order valence-electron chi connectivity index (χ4n) is 1.97. The molecule has 0 aliphatic heterocycles. The summed E-state index contributed by atoms with van der Waals surface area (Å²) in [5.41, 5.74) is 2.82. The van der Waals surface area contributed by atoms with Gasteiger partial charge in [0.2, 0.25) is 0 Å². The first-order valence-corrected chi connectivity index (χ1v) is 7.08. The number of aliphatic hydroxyl groups excluding tert-OH is 1. The smallest absolute Gasteiger partial charge is 0.142 e. The number of nitrogens with one attached hydrogen (secondary N) is 1. The highest BCUT2D eigenvalue weighted by Crippen LogP contribution is 2.19. The molecule has 0 unspecified atom stereocenters. The summed E-state index contributed by atoms with van der Waals surface area (Å²) >= 11 is 5.65. The van der Waals surface area contributed by atoms with Crippen molar-refractivity contribution >= 4 is 23.0 Å². The highest BCUT2D eigenvalue weighted by molar-refractivity contribution is 6.30. The van der Waals surface area contributed by atoms with Crippen LogP contribution in [0.25, 0.3) is 0 Å². The molecular formula is C16H18ClFN2O. The quantitative estimate of drug-likeness (QED) is 0.857. The molecule has 0 aliphatic rings. The van der Waals surface area contributed by atoms with Crippen LogP contribution in [0.4, 0.5) is 15.8 Å². The third-order valence-corrected chi connectivity index (χ3v) is 3.53. The van der Waals surface area contributed by atoms with E-state index in [-0.39, 0.29) is 11.6 Å². The molecule has 2 aromatic carbocycles. The molecular weight excluding hydrogens is 291 g/mol. The molecule has 21 heavy (non-hydrogen) atoms. The zero-order chi connectivity index (χ0) is 15.2. The predicted molar refractivity (Wildman–Crippen MR) is 85.5 cm³/mol. The molecule has 112 valence electrons. The predicted octanol–water partition coefficient (Wildman–Crippen LogP) is 3.52. The van der Waals surface area contributed by atoms with Gasteiger partial charge in [0.25, 0.3) is 0 Å². The molecule has 2 rings (SSSR count). The van der Waals surface area contributed by atoms with Crippen molar-refractivity contribution in [3.63, 3.8) is 0 Å². The van der Waals surface area contributed by atoms with Gasteiger partial charge in [0.05, 0.1) is 11.6 Å². The van der Waals surface area contributed by atoms with E-state index in [0.717, 1.165) is 16.9 Å². The van der Waals surface area contributed by atoms with Gasteiger partial charge in [-0.3, -0.25) is 0 Å². The summed E-state index contributed by atoms with van der Waals surface area (Å²) in [6.45, 7) is 1.25. The lowest BCUT2D eigenvalue weighted by Gasteiger charge is -2.18. The van der Waals surface area contributed by atoms with E-state index >= 15 is 0 Å². The summed E-state index contributed by atoms with van der Waals surface area (Å²) < 4.78 is 13.3. The third kappa shape index (κ3) is 4.34. The van der Waals surface area contributed by atoms with E-state index in [1.807, 2.05) is 36.2 Å². The van der Waals surface area contributed by atoms with Gasteiger partial charge in [-0.25, -0.2) is 4.39 Å². The number of aliphatic hydroxyl groups is 1. The molecule has 2 aromatic rings. The summed E-state index contributed by atoms with van der Waals surface area (Å²) in [5.74, 6) is -0.406. The number of benzene rings is 2. The van der Waals surface area contributed by atoms with E-state index in [1.165, 1.54) is 6.07 Å². The molecule has 0 heterocycles. The van der Waals surface area contributed by atoms with Gasteiger partial charge in [-0.2, -0.15) is 0 Å². The minimum atomic E-state index is -0.406. The SMILES string of the molecule is CN(CCO)c1ccc(NCc2ccc(Cl)c(F)c2)cc1. The van der Waals surface area contributed by atoms with E-state index in [9.17, 15) is 4.39 Å². The Labute approximate surface area is 129 Å². The third-order valence-electron chi connectivity index (χ3n) is 3.22. The van der Waals surface area contributed by atoms with E-state index in [1.54, 1.807) is 12.1 Å². The van der Waals surface area contributed by atoms with Gasteiger partial charge in [0.15, 0.2) is 0 Å². The average Bonchev–Trinajstić information content (AvgIpc) is 2.49. The maximum Gasteiger partial charge on any atom is 0.142 e. The number of likely N-dealkylation sites (N-methyl/N-ethyl adjacent to an activating group) is 1. The number of hydrogen-bond acceptors (Lipinski definition) is 3. The maximum atomic E-state index is 13.3. The summed E-state index contributed by atoms with van der Waals surface area (Å²) in [5, 5.41) is 12.3. The second-order valence-corrected chi connectivity index (χ2v) is 5.20. The lowest BCUT2D eigenvalue weighted by Crippen LogP contribution is -2.20. The highest BCUT2D eigenvalue weighted by Gasteiger charge is 2.02. The van der Waals surface area contributed by atoms with Gasteiger partial charge in [0, 0.05) is 31.5 Å². The number of anilines is 2. The van der Waals surface area contributed by atoms with E-state index in [2.05, 4.69) is 5.32 Å². The molecule has 0 radical (unpaired) electrons. The fourth-order valence-corrected chi connectivity index (χ4v) is 2.08. The maximum absolute atomic E-state index is 13.3. The van der Waals surface area contributed by atoms with Crippen molar-refractivity contribution in [2.75, 3.05) is 30.4 Å². The van der Waals surface area contributed by atoms with Crippen LogP contribution in [0.5, 0.6) is 0 Å². The van der Waals surface area contributed by atoms with E-state index < -0.39 is 5.82 Å². The zero-order valence-corrected chi connectivity index (χ0v) is 12.6.